The molecule has 1 aromatic heterocycles. The molecular formula is C19H25N5O2. The first-order valence-electron chi connectivity index (χ1n) is 9.48. The fourth-order valence-electron chi connectivity index (χ4n) is 4.80. The summed E-state index contributed by atoms with van der Waals surface area (Å²) < 4.78 is 5.30. The number of aromatic amines is 1. The number of ether oxygens (including phenoxy) is 1. The monoisotopic (exact) mass is 355 g/mol. The van der Waals surface area contributed by atoms with Gasteiger partial charge in [-0.3, -0.25) is 10.1 Å². The van der Waals surface area contributed by atoms with Gasteiger partial charge in [0.25, 0.3) is 5.91 Å². The molecule has 7 heteroatoms. The van der Waals surface area contributed by atoms with Crippen molar-refractivity contribution in [3.05, 3.63) is 35.0 Å². The Morgan fingerprint density at radius 1 is 1.31 bits per heavy atom. The van der Waals surface area contributed by atoms with E-state index >= 15 is 0 Å². The SMILES string of the molecule is COC1=CC=C(Cc2nc3c([nH]2)C(=O)N(C)C2N[C@@H]4CCC[C@@H]4N32)CC1. The first-order valence-corrected chi connectivity index (χ1v) is 9.48. The summed E-state index contributed by atoms with van der Waals surface area (Å²) in [4.78, 5) is 25.1. The molecule has 3 atom stereocenters. The lowest BCUT2D eigenvalue weighted by Gasteiger charge is -2.38. The number of nitrogens with one attached hydrogen (secondary N) is 2. The van der Waals surface area contributed by atoms with Crippen LogP contribution < -0.4 is 10.2 Å². The maximum absolute atomic E-state index is 12.8. The van der Waals surface area contributed by atoms with E-state index in [1.165, 1.54) is 18.4 Å². The summed E-state index contributed by atoms with van der Waals surface area (Å²) in [6.07, 6.45) is 10.3. The Labute approximate surface area is 153 Å². The van der Waals surface area contributed by atoms with Gasteiger partial charge in [-0.1, -0.05) is 11.6 Å². The molecular weight excluding hydrogens is 330 g/mol. The molecule has 1 saturated carbocycles. The molecule has 1 aromatic rings. The van der Waals surface area contributed by atoms with Gasteiger partial charge in [0.05, 0.1) is 12.9 Å². The van der Waals surface area contributed by atoms with Crippen LogP contribution in [-0.4, -0.2) is 53.3 Å². The second-order valence-electron chi connectivity index (χ2n) is 7.69. The van der Waals surface area contributed by atoms with E-state index in [2.05, 4.69) is 21.3 Å². The number of methoxy groups -OCH3 is 1. The van der Waals surface area contributed by atoms with Crippen LogP contribution >= 0.6 is 0 Å². The van der Waals surface area contributed by atoms with Gasteiger partial charge in [-0.25, -0.2) is 4.98 Å². The second-order valence-corrected chi connectivity index (χ2v) is 7.69. The zero-order chi connectivity index (χ0) is 17.8. The molecule has 2 aliphatic heterocycles. The van der Waals surface area contributed by atoms with E-state index in [1.807, 2.05) is 13.1 Å². The molecule has 26 heavy (non-hydrogen) atoms. The summed E-state index contributed by atoms with van der Waals surface area (Å²) in [5.74, 6) is 2.74. The maximum atomic E-state index is 12.8. The van der Waals surface area contributed by atoms with Crippen LogP contribution in [0.4, 0.5) is 5.82 Å². The number of hydrogen-bond donors (Lipinski definition) is 2. The molecule has 2 aliphatic carbocycles. The smallest absolute Gasteiger partial charge is 0.276 e. The third kappa shape index (κ3) is 2.30. The van der Waals surface area contributed by atoms with E-state index in [9.17, 15) is 4.79 Å². The van der Waals surface area contributed by atoms with E-state index in [1.54, 1.807) is 12.0 Å². The number of allylic oxidation sites excluding steroid dienone is 4. The molecule has 1 unspecified atom stereocenters. The van der Waals surface area contributed by atoms with Crippen LogP contribution in [0.25, 0.3) is 0 Å². The van der Waals surface area contributed by atoms with Crippen molar-refractivity contribution in [1.29, 1.82) is 0 Å². The molecule has 0 aromatic carbocycles. The highest BCUT2D eigenvalue weighted by Gasteiger charge is 2.51. The van der Waals surface area contributed by atoms with Gasteiger partial charge < -0.3 is 19.5 Å². The predicted octanol–water partition coefficient (Wildman–Crippen LogP) is 1.90. The molecule has 1 saturated heterocycles. The summed E-state index contributed by atoms with van der Waals surface area (Å²) in [6.45, 7) is 0. The van der Waals surface area contributed by atoms with E-state index in [0.29, 0.717) is 17.8 Å². The highest BCUT2D eigenvalue weighted by atomic mass is 16.5. The molecule has 2 N–H and O–H groups in total. The average Bonchev–Trinajstić information content (AvgIpc) is 3.34. The molecule has 138 valence electrons. The quantitative estimate of drug-likeness (QED) is 0.866. The van der Waals surface area contributed by atoms with Gasteiger partial charge in [0, 0.05) is 32.0 Å². The summed E-state index contributed by atoms with van der Waals surface area (Å²) in [6, 6.07) is 0.895. The highest BCUT2D eigenvalue weighted by Crippen LogP contribution is 2.39. The molecule has 0 bridgehead atoms. The van der Waals surface area contributed by atoms with Crippen molar-refractivity contribution in [2.45, 2.75) is 56.9 Å². The van der Waals surface area contributed by atoms with Crippen LogP contribution in [0.5, 0.6) is 0 Å². The lowest BCUT2D eigenvalue weighted by Crippen LogP contribution is -2.56. The van der Waals surface area contributed by atoms with Gasteiger partial charge in [0.1, 0.15) is 11.5 Å². The fourth-order valence-corrected chi connectivity index (χ4v) is 4.80. The van der Waals surface area contributed by atoms with E-state index < -0.39 is 0 Å². The van der Waals surface area contributed by atoms with Crippen LogP contribution in [0.2, 0.25) is 0 Å². The number of hydrogen-bond acceptors (Lipinski definition) is 5. The van der Waals surface area contributed by atoms with Gasteiger partial charge in [0.2, 0.25) is 0 Å². The van der Waals surface area contributed by atoms with Gasteiger partial charge in [-0.15, -0.1) is 0 Å². The van der Waals surface area contributed by atoms with Crippen LogP contribution in [0.15, 0.2) is 23.5 Å². The molecule has 0 spiro atoms. The van der Waals surface area contributed by atoms with Gasteiger partial charge in [-0.2, -0.15) is 0 Å². The Kier molecular flexibility index (Phi) is 3.60. The first kappa shape index (κ1) is 15.9. The van der Waals surface area contributed by atoms with Crippen LogP contribution in [0, 0.1) is 0 Å². The third-order valence-corrected chi connectivity index (χ3v) is 6.20. The normalized spacial score (nSPS) is 29.9. The van der Waals surface area contributed by atoms with Gasteiger partial charge >= 0.3 is 0 Å². The largest absolute Gasteiger partial charge is 0.501 e. The summed E-state index contributed by atoms with van der Waals surface area (Å²) >= 11 is 0. The number of fused-ring (bicyclic) bond motifs is 5. The minimum Gasteiger partial charge on any atom is -0.501 e. The number of nitrogens with zero attached hydrogens (tertiary/aromatic N) is 3. The van der Waals surface area contributed by atoms with Crippen molar-refractivity contribution < 1.29 is 9.53 Å². The molecule has 7 nitrogen and oxygen atoms in total. The molecule has 5 rings (SSSR count). The molecule has 1 amide bonds. The number of carbonyl (C=O) groups is 1. The van der Waals surface area contributed by atoms with E-state index in [-0.39, 0.29) is 12.2 Å². The number of aromatic nitrogens is 2. The number of imidazole rings is 1. The Hall–Kier alpha value is -2.28. The molecule has 3 heterocycles. The minimum atomic E-state index is -0.0671. The van der Waals surface area contributed by atoms with Crippen LogP contribution in [0.3, 0.4) is 0 Å². The zero-order valence-electron chi connectivity index (χ0n) is 15.3. The fraction of sp³-hybridized carbons (Fsp3) is 0.579. The standard InChI is InChI=1S/C19H25N5O2/c1-23-18(25)16-17(24-14-5-3-4-13(14)20-19(23)24)22-15(21-16)10-11-6-8-12(26-2)9-7-11/h6,8,13-14,19-20H,3-5,7,9-10H2,1-2H3,(H,21,22)/t13-,14+,19?/m1/s1. The number of anilines is 1. The molecule has 2 fully saturated rings. The summed E-state index contributed by atoms with van der Waals surface area (Å²) in [5.41, 5.74) is 1.95. The van der Waals surface area contributed by atoms with E-state index in [0.717, 1.165) is 43.1 Å². The number of rotatable bonds is 3. The Morgan fingerprint density at radius 3 is 2.96 bits per heavy atom. The molecule has 4 aliphatic rings. The third-order valence-electron chi connectivity index (χ3n) is 6.20. The summed E-state index contributed by atoms with van der Waals surface area (Å²) in [7, 11) is 3.59. The minimum absolute atomic E-state index is 0.0201. The predicted molar refractivity (Wildman–Crippen MR) is 97.6 cm³/mol. The summed E-state index contributed by atoms with van der Waals surface area (Å²) in [5, 5.41) is 3.62. The van der Waals surface area contributed by atoms with Crippen molar-refractivity contribution in [2.24, 2.45) is 0 Å². The average molecular weight is 355 g/mol. The number of amides is 1. The Morgan fingerprint density at radius 2 is 2.19 bits per heavy atom. The van der Waals surface area contributed by atoms with Crippen molar-refractivity contribution >= 4 is 11.7 Å². The first-order chi connectivity index (χ1) is 12.7. The van der Waals surface area contributed by atoms with Gasteiger partial charge in [0.15, 0.2) is 12.1 Å². The topological polar surface area (TPSA) is 73.5 Å². The Balaban J connectivity index is 1.46. The van der Waals surface area contributed by atoms with Crippen molar-refractivity contribution in [3.63, 3.8) is 0 Å². The van der Waals surface area contributed by atoms with E-state index in [4.69, 9.17) is 9.72 Å². The van der Waals surface area contributed by atoms with Crippen molar-refractivity contribution in [1.82, 2.24) is 20.2 Å². The zero-order valence-corrected chi connectivity index (χ0v) is 15.3. The molecule has 0 radical (unpaired) electrons. The maximum Gasteiger partial charge on any atom is 0.276 e. The highest BCUT2D eigenvalue weighted by molar-refractivity contribution is 5.99. The van der Waals surface area contributed by atoms with Crippen LogP contribution in [0.1, 0.15) is 48.4 Å². The second kappa shape index (κ2) is 5.87. The van der Waals surface area contributed by atoms with Gasteiger partial charge in [-0.05, 0) is 31.8 Å². The lowest BCUT2D eigenvalue weighted by atomic mass is 10.0. The lowest BCUT2D eigenvalue weighted by molar-refractivity contribution is 0.0688. The van der Waals surface area contributed by atoms with Crippen LogP contribution in [-0.2, 0) is 11.2 Å². The number of H-pyrrole nitrogens is 1. The van der Waals surface area contributed by atoms with Crippen molar-refractivity contribution in [3.8, 4) is 0 Å². The van der Waals surface area contributed by atoms with Crippen molar-refractivity contribution in [2.75, 3.05) is 19.1 Å². The number of carbonyl (C=O) groups excluding carboxylic acids is 1. The Bertz CT molecular complexity index is 811.